The zero-order chi connectivity index (χ0) is 19.1. The topological polar surface area (TPSA) is 69.4 Å². The minimum atomic E-state index is -0.639. The van der Waals surface area contributed by atoms with E-state index in [-0.39, 0.29) is 6.61 Å². The number of methoxy groups -OCH3 is 1. The highest BCUT2D eigenvalue weighted by Crippen LogP contribution is 2.27. The number of aliphatic hydroxyl groups is 1. The summed E-state index contributed by atoms with van der Waals surface area (Å²) in [5, 5.41) is 19.6. The minimum Gasteiger partial charge on any atom is -0.495 e. The van der Waals surface area contributed by atoms with E-state index in [0.29, 0.717) is 22.5 Å². The molecule has 0 fully saturated rings. The van der Waals surface area contributed by atoms with E-state index in [4.69, 9.17) is 21.1 Å². The molecule has 0 spiro atoms. The van der Waals surface area contributed by atoms with Crippen LogP contribution in [0.15, 0.2) is 60.0 Å². The van der Waals surface area contributed by atoms with Gasteiger partial charge in [-0.25, -0.2) is 0 Å². The van der Waals surface area contributed by atoms with Crippen molar-refractivity contribution in [1.82, 2.24) is 14.8 Å². The van der Waals surface area contributed by atoms with Crippen molar-refractivity contribution in [2.24, 2.45) is 0 Å². The SMILES string of the molecule is COc1ccccc1-n1cnnc1SC[C@H](O)COCc1ccccc1Cl. The summed E-state index contributed by atoms with van der Waals surface area (Å²) in [5.41, 5.74) is 1.74. The third-order valence-electron chi connectivity index (χ3n) is 3.79. The second-order valence-corrected chi connectivity index (χ2v) is 7.12. The molecule has 0 saturated heterocycles. The Morgan fingerprint density at radius 1 is 1.19 bits per heavy atom. The molecule has 0 bridgehead atoms. The van der Waals surface area contributed by atoms with Crippen LogP contribution in [0.5, 0.6) is 5.75 Å². The monoisotopic (exact) mass is 405 g/mol. The molecule has 0 aliphatic rings. The fraction of sp³-hybridized carbons (Fsp3) is 0.263. The average molecular weight is 406 g/mol. The number of rotatable bonds is 9. The minimum absolute atomic E-state index is 0.209. The standard InChI is InChI=1S/C19H20ClN3O3S/c1-25-18-9-5-4-8-17(18)23-13-21-22-19(23)27-12-15(24)11-26-10-14-6-2-3-7-16(14)20/h2-9,13,15,24H,10-12H2,1H3/t15-/m1/s1. The van der Waals surface area contributed by atoms with Crippen molar-refractivity contribution in [2.45, 2.75) is 17.9 Å². The average Bonchev–Trinajstić information content (AvgIpc) is 3.16. The van der Waals surface area contributed by atoms with Gasteiger partial charge in [0.15, 0.2) is 5.16 Å². The van der Waals surface area contributed by atoms with Gasteiger partial charge in [0.1, 0.15) is 12.1 Å². The maximum absolute atomic E-state index is 10.2. The highest BCUT2D eigenvalue weighted by molar-refractivity contribution is 7.99. The quantitative estimate of drug-likeness (QED) is 0.548. The van der Waals surface area contributed by atoms with E-state index in [1.165, 1.54) is 11.8 Å². The third kappa shape index (κ3) is 5.23. The summed E-state index contributed by atoms with van der Waals surface area (Å²) in [7, 11) is 1.62. The fourth-order valence-electron chi connectivity index (χ4n) is 2.46. The summed E-state index contributed by atoms with van der Waals surface area (Å²) >= 11 is 7.50. The first-order valence-electron chi connectivity index (χ1n) is 8.34. The van der Waals surface area contributed by atoms with Crippen LogP contribution in [0.1, 0.15) is 5.56 Å². The number of halogens is 1. The first kappa shape index (κ1) is 19.7. The van der Waals surface area contributed by atoms with E-state index in [0.717, 1.165) is 17.0 Å². The van der Waals surface area contributed by atoms with Crippen LogP contribution >= 0.6 is 23.4 Å². The fourth-order valence-corrected chi connectivity index (χ4v) is 3.47. The van der Waals surface area contributed by atoms with Gasteiger partial charge in [-0.3, -0.25) is 4.57 Å². The van der Waals surface area contributed by atoms with E-state index in [1.807, 2.05) is 53.1 Å². The molecule has 1 N–H and O–H groups in total. The van der Waals surface area contributed by atoms with Crippen LogP contribution in [0.4, 0.5) is 0 Å². The molecule has 3 aromatic rings. The number of nitrogens with zero attached hydrogens (tertiary/aromatic N) is 3. The normalized spacial score (nSPS) is 12.1. The number of ether oxygens (including phenoxy) is 2. The Morgan fingerprint density at radius 2 is 1.96 bits per heavy atom. The maximum Gasteiger partial charge on any atom is 0.195 e. The van der Waals surface area contributed by atoms with E-state index in [2.05, 4.69) is 10.2 Å². The predicted octanol–water partition coefficient (Wildman–Crippen LogP) is 3.60. The molecule has 142 valence electrons. The van der Waals surface area contributed by atoms with Crippen LogP contribution in [-0.4, -0.2) is 45.4 Å². The van der Waals surface area contributed by atoms with Gasteiger partial charge in [0.2, 0.25) is 0 Å². The lowest BCUT2D eigenvalue weighted by Gasteiger charge is -2.13. The van der Waals surface area contributed by atoms with E-state index < -0.39 is 6.10 Å². The molecule has 8 heteroatoms. The van der Waals surface area contributed by atoms with Crippen molar-refractivity contribution in [2.75, 3.05) is 19.5 Å². The van der Waals surface area contributed by atoms with Gasteiger partial charge in [0, 0.05) is 10.8 Å². The van der Waals surface area contributed by atoms with Crippen LogP contribution in [0.3, 0.4) is 0 Å². The predicted molar refractivity (Wildman–Crippen MR) is 106 cm³/mol. The number of aromatic nitrogens is 3. The van der Waals surface area contributed by atoms with Gasteiger partial charge in [-0.05, 0) is 23.8 Å². The molecule has 27 heavy (non-hydrogen) atoms. The molecule has 1 heterocycles. The molecule has 0 unspecified atom stereocenters. The molecule has 0 amide bonds. The Kier molecular flexibility index (Phi) is 7.11. The Morgan fingerprint density at radius 3 is 2.78 bits per heavy atom. The summed E-state index contributed by atoms with van der Waals surface area (Å²) < 4.78 is 12.8. The number of benzene rings is 2. The van der Waals surface area contributed by atoms with Gasteiger partial charge in [-0.15, -0.1) is 10.2 Å². The van der Waals surface area contributed by atoms with Crippen molar-refractivity contribution in [1.29, 1.82) is 0 Å². The largest absolute Gasteiger partial charge is 0.495 e. The van der Waals surface area contributed by atoms with Gasteiger partial charge < -0.3 is 14.6 Å². The third-order valence-corrected chi connectivity index (χ3v) is 5.25. The maximum atomic E-state index is 10.2. The number of para-hydroxylation sites is 2. The molecule has 0 aliphatic heterocycles. The highest BCUT2D eigenvalue weighted by atomic mass is 35.5. The molecule has 6 nitrogen and oxygen atoms in total. The lowest BCUT2D eigenvalue weighted by molar-refractivity contribution is 0.0398. The molecule has 0 saturated carbocycles. The van der Waals surface area contributed by atoms with Gasteiger partial charge in [-0.2, -0.15) is 0 Å². The molecule has 1 aromatic heterocycles. The number of hydrogen-bond donors (Lipinski definition) is 1. The Labute approximate surface area is 167 Å². The van der Waals surface area contributed by atoms with Crippen LogP contribution in [-0.2, 0) is 11.3 Å². The van der Waals surface area contributed by atoms with Gasteiger partial charge in [0.05, 0.1) is 32.1 Å². The lowest BCUT2D eigenvalue weighted by atomic mass is 10.2. The van der Waals surface area contributed by atoms with Gasteiger partial charge >= 0.3 is 0 Å². The highest BCUT2D eigenvalue weighted by Gasteiger charge is 2.14. The van der Waals surface area contributed by atoms with Crippen molar-refractivity contribution in [3.8, 4) is 11.4 Å². The first-order valence-corrected chi connectivity index (χ1v) is 9.71. The second kappa shape index (κ2) is 9.75. The van der Waals surface area contributed by atoms with Crippen molar-refractivity contribution < 1.29 is 14.6 Å². The number of aliphatic hydroxyl groups excluding tert-OH is 1. The first-order chi connectivity index (χ1) is 13.2. The Bertz CT molecular complexity index is 875. The number of hydrogen-bond acceptors (Lipinski definition) is 6. The van der Waals surface area contributed by atoms with E-state index >= 15 is 0 Å². The van der Waals surface area contributed by atoms with Gasteiger partial charge in [0.25, 0.3) is 0 Å². The van der Waals surface area contributed by atoms with Crippen LogP contribution < -0.4 is 4.74 Å². The molecule has 0 aliphatic carbocycles. The molecule has 1 atom stereocenters. The van der Waals surface area contributed by atoms with Gasteiger partial charge in [-0.1, -0.05) is 53.7 Å². The zero-order valence-corrected chi connectivity index (χ0v) is 16.4. The van der Waals surface area contributed by atoms with Crippen molar-refractivity contribution in [3.05, 3.63) is 65.4 Å². The molecule has 0 radical (unpaired) electrons. The van der Waals surface area contributed by atoms with Crippen LogP contribution in [0, 0.1) is 0 Å². The lowest BCUT2D eigenvalue weighted by Crippen LogP contribution is -2.18. The van der Waals surface area contributed by atoms with E-state index in [1.54, 1.807) is 13.4 Å². The summed E-state index contributed by atoms with van der Waals surface area (Å²) in [5.74, 6) is 1.15. The second-order valence-electron chi connectivity index (χ2n) is 5.73. The summed E-state index contributed by atoms with van der Waals surface area (Å²) in [6.07, 6.45) is 0.987. The van der Waals surface area contributed by atoms with Crippen molar-refractivity contribution >= 4 is 23.4 Å². The summed E-state index contributed by atoms with van der Waals surface area (Å²) in [6.45, 7) is 0.569. The smallest absolute Gasteiger partial charge is 0.195 e. The number of thioether (sulfide) groups is 1. The molecule has 2 aromatic carbocycles. The molecule has 3 rings (SSSR count). The van der Waals surface area contributed by atoms with Crippen molar-refractivity contribution in [3.63, 3.8) is 0 Å². The zero-order valence-electron chi connectivity index (χ0n) is 14.8. The Balaban J connectivity index is 1.53. The molecular formula is C19H20ClN3O3S. The van der Waals surface area contributed by atoms with Crippen LogP contribution in [0.2, 0.25) is 5.02 Å². The van der Waals surface area contributed by atoms with Crippen LogP contribution in [0.25, 0.3) is 5.69 Å². The Hall–Kier alpha value is -2.06. The summed E-state index contributed by atoms with van der Waals surface area (Å²) in [6, 6.07) is 15.1. The molecular weight excluding hydrogens is 386 g/mol. The van der Waals surface area contributed by atoms with E-state index in [9.17, 15) is 5.11 Å². The summed E-state index contributed by atoms with van der Waals surface area (Å²) in [4.78, 5) is 0.